The molecule has 2 aliphatic carbocycles. The summed E-state index contributed by atoms with van der Waals surface area (Å²) in [5.74, 6) is 0.492. The summed E-state index contributed by atoms with van der Waals surface area (Å²) in [5, 5.41) is 0. The van der Waals surface area contributed by atoms with E-state index >= 15 is 0 Å². The summed E-state index contributed by atoms with van der Waals surface area (Å²) < 4.78 is 37.5. The van der Waals surface area contributed by atoms with Gasteiger partial charge in [0.25, 0.3) is 0 Å². The quantitative estimate of drug-likeness (QED) is 0.753. The Balaban J connectivity index is 1.91. The average molecular weight is 254 g/mol. The molecule has 0 spiro atoms. The van der Waals surface area contributed by atoms with E-state index in [1.807, 2.05) is 0 Å². The second-order valence-corrected chi connectivity index (χ2v) is 5.34. The fourth-order valence-electron chi connectivity index (χ4n) is 3.08. The van der Waals surface area contributed by atoms with E-state index in [4.69, 9.17) is 0 Å². The molecule has 0 heterocycles. The number of carbonyl (C=O) groups excluding carboxylic acids is 1. The highest BCUT2D eigenvalue weighted by Crippen LogP contribution is 2.65. The van der Waals surface area contributed by atoms with E-state index in [9.17, 15) is 18.0 Å². The number of benzene rings is 1. The molecule has 2 atom stereocenters. The van der Waals surface area contributed by atoms with Crippen molar-refractivity contribution >= 4 is 6.29 Å². The Bertz CT molecular complexity index is 473. The molecule has 18 heavy (non-hydrogen) atoms. The molecule has 2 unspecified atom stereocenters. The Kier molecular flexibility index (Phi) is 2.34. The number of rotatable bonds is 3. The normalized spacial score (nSPS) is 31.2. The van der Waals surface area contributed by atoms with Crippen LogP contribution in [0, 0.1) is 11.8 Å². The number of carbonyl (C=O) groups is 1. The molecule has 0 aromatic heterocycles. The number of hydrogen-bond donors (Lipinski definition) is 0. The molecule has 0 aliphatic heterocycles. The summed E-state index contributed by atoms with van der Waals surface area (Å²) in [5.41, 5.74) is 0.127. The molecule has 0 radical (unpaired) electrons. The molecule has 96 valence electrons. The van der Waals surface area contributed by atoms with E-state index in [-0.39, 0.29) is 11.3 Å². The van der Waals surface area contributed by atoms with Crippen LogP contribution in [0.2, 0.25) is 0 Å². The molecule has 4 heteroatoms. The molecule has 1 aromatic carbocycles. The van der Waals surface area contributed by atoms with Crippen LogP contribution >= 0.6 is 0 Å². The molecule has 2 saturated carbocycles. The van der Waals surface area contributed by atoms with Crippen LogP contribution in [0.15, 0.2) is 24.3 Å². The smallest absolute Gasteiger partial charge is 0.303 e. The van der Waals surface area contributed by atoms with Gasteiger partial charge in [-0.15, -0.1) is 0 Å². The lowest BCUT2D eigenvalue weighted by atomic mass is 9.88. The van der Waals surface area contributed by atoms with Crippen molar-refractivity contribution in [3.05, 3.63) is 35.4 Å². The van der Waals surface area contributed by atoms with Gasteiger partial charge in [-0.1, -0.05) is 12.1 Å². The molecular formula is C14H13F3O. The third-order valence-electron chi connectivity index (χ3n) is 4.28. The third-order valence-corrected chi connectivity index (χ3v) is 4.28. The topological polar surface area (TPSA) is 17.1 Å². The number of alkyl halides is 3. The third kappa shape index (κ3) is 1.66. The fourth-order valence-corrected chi connectivity index (χ4v) is 3.08. The summed E-state index contributed by atoms with van der Waals surface area (Å²) in [6, 6.07) is 5.34. The van der Waals surface area contributed by atoms with E-state index in [1.165, 1.54) is 0 Å². The second kappa shape index (κ2) is 3.59. The van der Waals surface area contributed by atoms with Crippen molar-refractivity contribution in [2.75, 3.05) is 0 Å². The first-order valence-electron chi connectivity index (χ1n) is 6.11. The molecule has 1 nitrogen and oxygen atoms in total. The van der Waals surface area contributed by atoms with E-state index in [0.717, 1.165) is 43.2 Å². The molecule has 1 aromatic rings. The minimum Gasteiger partial charge on any atom is -0.303 e. The van der Waals surface area contributed by atoms with Gasteiger partial charge in [0.15, 0.2) is 0 Å². The fraction of sp³-hybridized carbons (Fsp3) is 0.500. The Morgan fingerprint density at radius 2 is 1.78 bits per heavy atom. The molecule has 0 saturated heterocycles. The highest BCUT2D eigenvalue weighted by atomic mass is 19.4. The van der Waals surface area contributed by atoms with Crippen molar-refractivity contribution < 1.29 is 18.0 Å². The first-order valence-corrected chi connectivity index (χ1v) is 6.11. The maximum absolute atomic E-state index is 12.5. The molecule has 2 aliphatic rings. The van der Waals surface area contributed by atoms with Crippen molar-refractivity contribution in [2.45, 2.75) is 30.9 Å². The lowest BCUT2D eigenvalue weighted by molar-refractivity contribution is -0.137. The zero-order valence-electron chi connectivity index (χ0n) is 9.70. The zero-order valence-corrected chi connectivity index (χ0v) is 9.70. The summed E-state index contributed by atoms with van der Waals surface area (Å²) in [6.07, 6.45) is -0.363. The van der Waals surface area contributed by atoms with E-state index in [2.05, 4.69) is 0 Å². The Morgan fingerprint density at radius 3 is 2.17 bits per heavy atom. The van der Waals surface area contributed by atoms with Gasteiger partial charge in [-0.3, -0.25) is 0 Å². The predicted octanol–water partition coefficient (Wildman–Crippen LogP) is 3.57. The van der Waals surface area contributed by atoms with Crippen LogP contribution < -0.4 is 0 Å². The predicted molar refractivity (Wildman–Crippen MR) is 60.0 cm³/mol. The Labute approximate surface area is 103 Å². The SMILES string of the molecule is O=CC1CC1(c1ccc(C(F)(F)F)cc1)C1CC1. The van der Waals surface area contributed by atoms with E-state index in [0.29, 0.717) is 5.92 Å². The van der Waals surface area contributed by atoms with Crippen LogP contribution in [0.4, 0.5) is 13.2 Å². The minimum atomic E-state index is -4.29. The minimum absolute atomic E-state index is 0.00161. The van der Waals surface area contributed by atoms with Gasteiger partial charge in [0, 0.05) is 11.3 Å². The number of hydrogen-bond acceptors (Lipinski definition) is 1. The van der Waals surface area contributed by atoms with Crippen molar-refractivity contribution in [3.63, 3.8) is 0 Å². The highest BCUT2D eigenvalue weighted by molar-refractivity contribution is 5.65. The first-order chi connectivity index (χ1) is 8.48. The Hall–Kier alpha value is -1.32. The maximum Gasteiger partial charge on any atom is 0.416 e. The van der Waals surface area contributed by atoms with Crippen LogP contribution in [0.3, 0.4) is 0 Å². The van der Waals surface area contributed by atoms with Gasteiger partial charge >= 0.3 is 6.18 Å². The van der Waals surface area contributed by atoms with Gasteiger partial charge in [0.05, 0.1) is 5.56 Å². The number of halogens is 3. The maximum atomic E-state index is 12.5. The molecule has 0 N–H and O–H groups in total. The van der Waals surface area contributed by atoms with Crippen molar-refractivity contribution in [3.8, 4) is 0 Å². The second-order valence-electron chi connectivity index (χ2n) is 5.34. The molecule has 2 fully saturated rings. The van der Waals surface area contributed by atoms with Crippen LogP contribution in [0.25, 0.3) is 0 Å². The molecular weight excluding hydrogens is 241 g/mol. The molecule has 3 rings (SSSR count). The van der Waals surface area contributed by atoms with Gasteiger partial charge in [-0.25, -0.2) is 0 Å². The van der Waals surface area contributed by atoms with Gasteiger partial charge in [-0.05, 0) is 42.9 Å². The summed E-state index contributed by atoms with van der Waals surface area (Å²) in [6.45, 7) is 0. The standard InChI is InChI=1S/C14H13F3O/c15-14(16,17)11-5-3-10(4-6-11)13(9-1-2-9)7-12(13)8-18/h3-6,8-9,12H,1-2,7H2. The van der Waals surface area contributed by atoms with Crippen LogP contribution in [0.5, 0.6) is 0 Å². The number of aldehydes is 1. The van der Waals surface area contributed by atoms with Gasteiger partial charge < -0.3 is 4.79 Å². The largest absolute Gasteiger partial charge is 0.416 e. The summed E-state index contributed by atoms with van der Waals surface area (Å²) >= 11 is 0. The van der Waals surface area contributed by atoms with Crippen LogP contribution in [-0.2, 0) is 16.4 Å². The van der Waals surface area contributed by atoms with E-state index < -0.39 is 11.7 Å². The van der Waals surface area contributed by atoms with Gasteiger partial charge in [-0.2, -0.15) is 13.2 Å². The van der Waals surface area contributed by atoms with Gasteiger partial charge in [0.1, 0.15) is 6.29 Å². The van der Waals surface area contributed by atoms with E-state index in [1.54, 1.807) is 12.1 Å². The average Bonchev–Trinajstić information content (AvgIpc) is 3.20. The highest BCUT2D eigenvalue weighted by Gasteiger charge is 2.62. The molecule has 0 amide bonds. The summed E-state index contributed by atoms with van der Waals surface area (Å²) in [4.78, 5) is 10.9. The first kappa shape index (κ1) is 11.8. The molecule has 0 bridgehead atoms. The lowest BCUT2D eigenvalue weighted by Gasteiger charge is -2.17. The summed E-state index contributed by atoms with van der Waals surface area (Å²) in [7, 11) is 0. The monoisotopic (exact) mass is 254 g/mol. The Morgan fingerprint density at radius 1 is 1.17 bits per heavy atom. The van der Waals surface area contributed by atoms with Crippen molar-refractivity contribution in [1.82, 2.24) is 0 Å². The zero-order chi connectivity index (χ0) is 13.0. The van der Waals surface area contributed by atoms with Gasteiger partial charge in [0.2, 0.25) is 0 Å². The van der Waals surface area contributed by atoms with Crippen molar-refractivity contribution in [2.24, 2.45) is 11.8 Å². The lowest BCUT2D eigenvalue weighted by Crippen LogP contribution is -2.14. The van der Waals surface area contributed by atoms with Crippen molar-refractivity contribution in [1.29, 1.82) is 0 Å². The van der Waals surface area contributed by atoms with Crippen LogP contribution in [0.1, 0.15) is 30.4 Å². The van der Waals surface area contributed by atoms with Crippen LogP contribution in [-0.4, -0.2) is 6.29 Å².